The number of nitrogens with one attached hydrogen (secondary N) is 1. The molecule has 1 aromatic rings. The first-order valence-corrected chi connectivity index (χ1v) is 5.51. The maximum Gasteiger partial charge on any atom is 0.00144 e. The van der Waals surface area contributed by atoms with E-state index >= 15 is 0 Å². The van der Waals surface area contributed by atoms with E-state index in [-0.39, 0.29) is 0 Å². The molecule has 1 heteroatoms. The smallest absolute Gasteiger partial charge is 0.00144 e. The second-order valence-electron chi connectivity index (χ2n) is 3.95. The summed E-state index contributed by atoms with van der Waals surface area (Å²) in [6.07, 6.45) is 2.42. The Morgan fingerprint density at radius 1 is 1.36 bits per heavy atom. The van der Waals surface area contributed by atoms with Gasteiger partial charge in [0.1, 0.15) is 0 Å². The number of benzene rings is 1. The van der Waals surface area contributed by atoms with E-state index in [2.05, 4.69) is 43.4 Å². The van der Waals surface area contributed by atoms with Crippen molar-refractivity contribution in [1.82, 2.24) is 5.32 Å². The molecule has 78 valence electrons. The van der Waals surface area contributed by atoms with E-state index in [4.69, 9.17) is 0 Å². The van der Waals surface area contributed by atoms with Crippen LogP contribution in [0, 0.1) is 0 Å². The molecule has 0 saturated carbocycles. The van der Waals surface area contributed by atoms with Crippen molar-refractivity contribution in [2.45, 2.75) is 32.6 Å². The summed E-state index contributed by atoms with van der Waals surface area (Å²) < 4.78 is 0. The zero-order chi connectivity index (χ0) is 10.4. The zero-order valence-electron chi connectivity index (χ0n) is 9.51. The van der Waals surface area contributed by atoms with Crippen molar-refractivity contribution in [2.75, 3.05) is 13.6 Å². The van der Waals surface area contributed by atoms with Crippen molar-refractivity contribution in [3.63, 3.8) is 0 Å². The van der Waals surface area contributed by atoms with Gasteiger partial charge in [-0.1, -0.05) is 44.5 Å². The Labute approximate surface area is 87.5 Å². The van der Waals surface area contributed by atoms with Gasteiger partial charge in [0.2, 0.25) is 0 Å². The van der Waals surface area contributed by atoms with Crippen LogP contribution >= 0.6 is 0 Å². The van der Waals surface area contributed by atoms with Crippen LogP contribution in [0.4, 0.5) is 0 Å². The molecular formula is C13H21N. The standard InChI is InChI=1S/C13H21N/c1-4-6-12-7-5-8-13(9-12)11(2)10-14-3/h5,7-9,11,14H,4,6,10H2,1-3H3. The summed E-state index contributed by atoms with van der Waals surface area (Å²) in [6.45, 7) is 5.54. The maximum absolute atomic E-state index is 3.22. The van der Waals surface area contributed by atoms with E-state index in [1.54, 1.807) is 0 Å². The molecule has 0 aliphatic heterocycles. The summed E-state index contributed by atoms with van der Waals surface area (Å²) in [5.74, 6) is 0.608. The van der Waals surface area contributed by atoms with Gasteiger partial charge in [0.25, 0.3) is 0 Å². The monoisotopic (exact) mass is 191 g/mol. The quantitative estimate of drug-likeness (QED) is 0.754. The van der Waals surface area contributed by atoms with Gasteiger partial charge in [0.15, 0.2) is 0 Å². The normalized spacial score (nSPS) is 12.8. The minimum absolute atomic E-state index is 0.608. The van der Waals surface area contributed by atoms with E-state index in [9.17, 15) is 0 Å². The molecule has 0 heterocycles. The fourth-order valence-corrected chi connectivity index (χ4v) is 1.77. The molecular weight excluding hydrogens is 170 g/mol. The summed E-state index contributed by atoms with van der Waals surface area (Å²) in [7, 11) is 2.01. The highest BCUT2D eigenvalue weighted by atomic mass is 14.8. The van der Waals surface area contributed by atoms with Crippen LogP contribution in [-0.2, 0) is 6.42 Å². The minimum atomic E-state index is 0.608. The highest BCUT2D eigenvalue weighted by molar-refractivity contribution is 5.26. The van der Waals surface area contributed by atoms with Gasteiger partial charge in [0.05, 0.1) is 0 Å². The third-order valence-electron chi connectivity index (χ3n) is 2.57. The third-order valence-corrected chi connectivity index (χ3v) is 2.57. The lowest BCUT2D eigenvalue weighted by Crippen LogP contribution is -2.14. The van der Waals surface area contributed by atoms with Crippen molar-refractivity contribution >= 4 is 0 Å². The molecule has 0 fully saturated rings. The Hall–Kier alpha value is -0.820. The molecule has 0 aliphatic rings. The Morgan fingerprint density at radius 2 is 2.14 bits per heavy atom. The maximum atomic E-state index is 3.22. The Balaban J connectivity index is 2.71. The molecule has 0 bridgehead atoms. The second-order valence-corrected chi connectivity index (χ2v) is 3.95. The molecule has 0 aromatic heterocycles. The SMILES string of the molecule is CCCc1cccc(C(C)CNC)c1. The molecule has 1 atom stereocenters. The van der Waals surface area contributed by atoms with Crippen LogP contribution in [0.25, 0.3) is 0 Å². The molecule has 0 amide bonds. The van der Waals surface area contributed by atoms with Crippen LogP contribution in [0.3, 0.4) is 0 Å². The summed E-state index contributed by atoms with van der Waals surface area (Å²) in [5, 5.41) is 3.22. The average Bonchev–Trinajstić information content (AvgIpc) is 2.19. The van der Waals surface area contributed by atoms with E-state index in [1.165, 1.54) is 24.0 Å². The second kappa shape index (κ2) is 5.82. The van der Waals surface area contributed by atoms with Gasteiger partial charge in [-0.15, -0.1) is 0 Å². The number of hydrogen-bond acceptors (Lipinski definition) is 1. The number of likely N-dealkylation sites (N-methyl/N-ethyl adjacent to an activating group) is 1. The van der Waals surface area contributed by atoms with Gasteiger partial charge in [-0.2, -0.15) is 0 Å². The van der Waals surface area contributed by atoms with Crippen molar-refractivity contribution in [1.29, 1.82) is 0 Å². The van der Waals surface area contributed by atoms with E-state index in [1.807, 2.05) is 7.05 Å². The molecule has 0 aliphatic carbocycles. The lowest BCUT2D eigenvalue weighted by molar-refractivity contribution is 0.676. The minimum Gasteiger partial charge on any atom is -0.319 e. The number of aryl methyl sites for hydroxylation is 1. The fourth-order valence-electron chi connectivity index (χ4n) is 1.77. The molecule has 0 radical (unpaired) electrons. The largest absolute Gasteiger partial charge is 0.319 e. The van der Waals surface area contributed by atoms with Crippen LogP contribution in [0.15, 0.2) is 24.3 Å². The molecule has 0 saturated heterocycles. The Bertz CT molecular complexity index is 268. The van der Waals surface area contributed by atoms with Gasteiger partial charge < -0.3 is 5.32 Å². The van der Waals surface area contributed by atoms with Gasteiger partial charge in [-0.05, 0) is 30.5 Å². The Morgan fingerprint density at radius 3 is 2.79 bits per heavy atom. The van der Waals surface area contributed by atoms with Crippen LogP contribution in [-0.4, -0.2) is 13.6 Å². The first kappa shape index (κ1) is 11.3. The zero-order valence-corrected chi connectivity index (χ0v) is 9.51. The van der Waals surface area contributed by atoms with E-state index in [0.717, 1.165) is 6.54 Å². The average molecular weight is 191 g/mol. The topological polar surface area (TPSA) is 12.0 Å². The first-order chi connectivity index (χ1) is 6.77. The fraction of sp³-hybridized carbons (Fsp3) is 0.538. The van der Waals surface area contributed by atoms with E-state index in [0.29, 0.717) is 5.92 Å². The summed E-state index contributed by atoms with van der Waals surface area (Å²) in [4.78, 5) is 0. The van der Waals surface area contributed by atoms with Crippen molar-refractivity contribution in [2.24, 2.45) is 0 Å². The molecule has 1 unspecified atom stereocenters. The van der Waals surface area contributed by atoms with E-state index < -0.39 is 0 Å². The summed E-state index contributed by atoms with van der Waals surface area (Å²) >= 11 is 0. The van der Waals surface area contributed by atoms with Gasteiger partial charge in [-0.25, -0.2) is 0 Å². The molecule has 1 rings (SSSR count). The van der Waals surface area contributed by atoms with Crippen molar-refractivity contribution < 1.29 is 0 Å². The predicted octanol–water partition coefficient (Wildman–Crippen LogP) is 2.96. The highest BCUT2D eigenvalue weighted by Crippen LogP contribution is 2.16. The predicted molar refractivity (Wildman–Crippen MR) is 62.8 cm³/mol. The molecule has 0 spiro atoms. The third kappa shape index (κ3) is 3.15. The van der Waals surface area contributed by atoms with Gasteiger partial charge >= 0.3 is 0 Å². The van der Waals surface area contributed by atoms with Crippen LogP contribution < -0.4 is 5.32 Å². The highest BCUT2D eigenvalue weighted by Gasteiger charge is 2.04. The summed E-state index contributed by atoms with van der Waals surface area (Å²) in [5.41, 5.74) is 2.92. The number of hydrogen-bond donors (Lipinski definition) is 1. The van der Waals surface area contributed by atoms with Crippen LogP contribution in [0.1, 0.15) is 37.3 Å². The van der Waals surface area contributed by atoms with Gasteiger partial charge in [-0.3, -0.25) is 0 Å². The Kier molecular flexibility index (Phi) is 4.68. The van der Waals surface area contributed by atoms with Gasteiger partial charge in [0, 0.05) is 6.54 Å². The van der Waals surface area contributed by atoms with Crippen LogP contribution in [0.2, 0.25) is 0 Å². The van der Waals surface area contributed by atoms with Crippen molar-refractivity contribution in [3.05, 3.63) is 35.4 Å². The molecule has 1 aromatic carbocycles. The lowest BCUT2D eigenvalue weighted by atomic mass is 9.98. The van der Waals surface area contributed by atoms with Crippen LogP contribution in [0.5, 0.6) is 0 Å². The molecule has 1 N–H and O–H groups in total. The number of rotatable bonds is 5. The lowest BCUT2D eigenvalue weighted by Gasteiger charge is -2.12. The molecule has 14 heavy (non-hydrogen) atoms. The first-order valence-electron chi connectivity index (χ1n) is 5.51. The summed E-state index contributed by atoms with van der Waals surface area (Å²) in [6, 6.07) is 8.96. The van der Waals surface area contributed by atoms with Crippen molar-refractivity contribution in [3.8, 4) is 0 Å². The molecule has 1 nitrogen and oxygen atoms in total.